The molecular formula is C21H25N3O2. The first-order chi connectivity index (χ1) is 12.6. The first-order valence-electron chi connectivity index (χ1n) is 9.04. The summed E-state index contributed by atoms with van der Waals surface area (Å²) in [5, 5.41) is 6.11. The normalized spacial score (nSPS) is 13.5. The Morgan fingerprint density at radius 2 is 1.65 bits per heavy atom. The van der Waals surface area contributed by atoms with Crippen molar-refractivity contribution < 1.29 is 9.59 Å². The molecule has 0 bridgehead atoms. The monoisotopic (exact) mass is 351 g/mol. The van der Waals surface area contributed by atoms with E-state index in [0.717, 1.165) is 42.9 Å². The molecule has 2 aromatic carbocycles. The molecular weight excluding hydrogens is 326 g/mol. The first-order valence-corrected chi connectivity index (χ1v) is 9.04. The van der Waals surface area contributed by atoms with E-state index in [2.05, 4.69) is 30.5 Å². The zero-order valence-electron chi connectivity index (χ0n) is 15.3. The van der Waals surface area contributed by atoms with Crippen LogP contribution in [0.3, 0.4) is 0 Å². The van der Waals surface area contributed by atoms with Gasteiger partial charge in [-0.3, -0.25) is 9.59 Å². The van der Waals surface area contributed by atoms with Crippen LogP contribution < -0.4 is 10.6 Å². The highest BCUT2D eigenvalue weighted by Gasteiger charge is 2.19. The maximum atomic E-state index is 12.6. The molecule has 0 atom stereocenters. The fourth-order valence-corrected chi connectivity index (χ4v) is 3.15. The van der Waals surface area contributed by atoms with Gasteiger partial charge in [0.05, 0.1) is 17.8 Å². The van der Waals surface area contributed by atoms with Gasteiger partial charge in [-0.25, -0.2) is 0 Å². The van der Waals surface area contributed by atoms with Crippen molar-refractivity contribution in [3.8, 4) is 0 Å². The highest BCUT2D eigenvalue weighted by atomic mass is 16.2. The standard InChI is InChI=1S/C21H25N3O2/c1-15-8-7-11-18(16(15)2)23-19-10-4-3-9-17(19)21(26)22-14-20(25)24-12-5-6-13-24/h3-4,7-11,23H,5-6,12-14H2,1-2H3,(H,22,26). The van der Waals surface area contributed by atoms with Crippen LogP contribution in [0.1, 0.15) is 34.3 Å². The lowest BCUT2D eigenvalue weighted by molar-refractivity contribution is -0.129. The summed E-state index contributed by atoms with van der Waals surface area (Å²) in [6.07, 6.45) is 2.09. The lowest BCUT2D eigenvalue weighted by atomic mass is 10.1. The van der Waals surface area contributed by atoms with E-state index in [1.807, 2.05) is 30.3 Å². The van der Waals surface area contributed by atoms with Crippen molar-refractivity contribution in [2.24, 2.45) is 0 Å². The molecule has 0 unspecified atom stereocenters. The van der Waals surface area contributed by atoms with Crippen molar-refractivity contribution in [2.75, 3.05) is 25.0 Å². The minimum Gasteiger partial charge on any atom is -0.355 e. The van der Waals surface area contributed by atoms with E-state index >= 15 is 0 Å². The van der Waals surface area contributed by atoms with Gasteiger partial charge in [0.15, 0.2) is 0 Å². The summed E-state index contributed by atoms with van der Waals surface area (Å²) in [5.41, 5.74) is 4.56. The number of carbonyl (C=O) groups excluding carboxylic acids is 2. The molecule has 1 fully saturated rings. The van der Waals surface area contributed by atoms with Gasteiger partial charge in [-0.05, 0) is 56.0 Å². The third kappa shape index (κ3) is 4.04. The SMILES string of the molecule is Cc1cccc(Nc2ccccc2C(=O)NCC(=O)N2CCCC2)c1C. The predicted octanol–water partition coefficient (Wildman–Crippen LogP) is 3.40. The van der Waals surface area contributed by atoms with Crippen LogP contribution in [-0.4, -0.2) is 36.3 Å². The molecule has 1 aliphatic heterocycles. The van der Waals surface area contributed by atoms with Crippen molar-refractivity contribution in [3.05, 3.63) is 59.2 Å². The molecule has 1 aliphatic rings. The maximum Gasteiger partial charge on any atom is 0.253 e. The average molecular weight is 351 g/mol. The van der Waals surface area contributed by atoms with Crippen LogP contribution in [0.4, 0.5) is 11.4 Å². The van der Waals surface area contributed by atoms with E-state index in [1.54, 1.807) is 11.0 Å². The fraction of sp³-hybridized carbons (Fsp3) is 0.333. The maximum absolute atomic E-state index is 12.6. The number of amides is 2. The molecule has 2 N–H and O–H groups in total. The average Bonchev–Trinajstić information content (AvgIpc) is 3.18. The molecule has 0 aromatic heterocycles. The molecule has 1 heterocycles. The second-order valence-electron chi connectivity index (χ2n) is 6.69. The Balaban J connectivity index is 1.71. The van der Waals surface area contributed by atoms with Gasteiger partial charge in [0.2, 0.25) is 5.91 Å². The Labute approximate surface area is 154 Å². The van der Waals surface area contributed by atoms with Crippen molar-refractivity contribution in [1.82, 2.24) is 10.2 Å². The van der Waals surface area contributed by atoms with Gasteiger partial charge in [-0.15, -0.1) is 0 Å². The first kappa shape index (κ1) is 18.0. The van der Waals surface area contributed by atoms with Crippen molar-refractivity contribution in [3.63, 3.8) is 0 Å². The molecule has 1 saturated heterocycles. The summed E-state index contributed by atoms with van der Waals surface area (Å²) >= 11 is 0. The van der Waals surface area contributed by atoms with Crippen molar-refractivity contribution in [1.29, 1.82) is 0 Å². The van der Waals surface area contributed by atoms with Gasteiger partial charge in [0.1, 0.15) is 0 Å². The van der Waals surface area contributed by atoms with E-state index in [-0.39, 0.29) is 18.4 Å². The van der Waals surface area contributed by atoms with Gasteiger partial charge in [0, 0.05) is 18.8 Å². The Bertz CT molecular complexity index is 811. The van der Waals surface area contributed by atoms with Crippen molar-refractivity contribution >= 4 is 23.2 Å². The van der Waals surface area contributed by atoms with E-state index in [9.17, 15) is 9.59 Å². The lowest BCUT2D eigenvalue weighted by Crippen LogP contribution is -2.38. The minimum absolute atomic E-state index is 0.0178. The molecule has 3 rings (SSSR count). The summed E-state index contributed by atoms with van der Waals surface area (Å²) < 4.78 is 0. The molecule has 2 amide bonds. The summed E-state index contributed by atoms with van der Waals surface area (Å²) in [4.78, 5) is 26.5. The summed E-state index contributed by atoms with van der Waals surface area (Å²) in [6.45, 7) is 5.73. The number of anilines is 2. The topological polar surface area (TPSA) is 61.4 Å². The summed E-state index contributed by atoms with van der Waals surface area (Å²) in [7, 11) is 0. The van der Waals surface area contributed by atoms with Crippen LogP contribution in [0.2, 0.25) is 0 Å². The lowest BCUT2D eigenvalue weighted by Gasteiger charge is -2.17. The van der Waals surface area contributed by atoms with Gasteiger partial charge in [0.25, 0.3) is 5.91 Å². The number of para-hydroxylation sites is 1. The highest BCUT2D eigenvalue weighted by Crippen LogP contribution is 2.25. The number of hydrogen-bond acceptors (Lipinski definition) is 3. The Morgan fingerprint density at radius 3 is 2.42 bits per heavy atom. The number of nitrogens with zero attached hydrogens (tertiary/aromatic N) is 1. The number of likely N-dealkylation sites (tertiary alicyclic amines) is 1. The van der Waals surface area contributed by atoms with E-state index in [4.69, 9.17) is 0 Å². The van der Waals surface area contributed by atoms with Gasteiger partial charge in [-0.2, -0.15) is 0 Å². The van der Waals surface area contributed by atoms with Crippen LogP contribution in [0.25, 0.3) is 0 Å². The number of rotatable bonds is 5. The van der Waals surface area contributed by atoms with Gasteiger partial charge < -0.3 is 15.5 Å². The highest BCUT2D eigenvalue weighted by molar-refractivity contribution is 6.01. The molecule has 0 saturated carbocycles. The van der Waals surface area contributed by atoms with Gasteiger partial charge in [-0.1, -0.05) is 24.3 Å². The second kappa shape index (κ2) is 8.04. The van der Waals surface area contributed by atoms with Crippen LogP contribution in [0.15, 0.2) is 42.5 Å². The van der Waals surface area contributed by atoms with Crippen LogP contribution in [0, 0.1) is 13.8 Å². The molecule has 0 spiro atoms. The second-order valence-corrected chi connectivity index (χ2v) is 6.69. The number of hydrogen-bond donors (Lipinski definition) is 2. The molecule has 26 heavy (non-hydrogen) atoms. The predicted molar refractivity (Wildman–Crippen MR) is 104 cm³/mol. The number of carbonyl (C=O) groups is 2. The summed E-state index contributed by atoms with van der Waals surface area (Å²) in [5.74, 6) is -0.262. The number of nitrogens with one attached hydrogen (secondary N) is 2. The Hall–Kier alpha value is -2.82. The van der Waals surface area contributed by atoms with Crippen LogP contribution in [-0.2, 0) is 4.79 Å². The van der Waals surface area contributed by atoms with E-state index in [0.29, 0.717) is 5.56 Å². The number of benzene rings is 2. The quantitative estimate of drug-likeness (QED) is 0.868. The third-order valence-electron chi connectivity index (χ3n) is 4.90. The Kier molecular flexibility index (Phi) is 5.56. The molecule has 0 aliphatic carbocycles. The van der Waals surface area contributed by atoms with Crippen LogP contribution >= 0.6 is 0 Å². The smallest absolute Gasteiger partial charge is 0.253 e. The zero-order valence-corrected chi connectivity index (χ0v) is 15.3. The number of aryl methyl sites for hydroxylation is 1. The fourth-order valence-electron chi connectivity index (χ4n) is 3.15. The zero-order chi connectivity index (χ0) is 18.5. The van der Waals surface area contributed by atoms with Crippen molar-refractivity contribution in [2.45, 2.75) is 26.7 Å². The summed E-state index contributed by atoms with van der Waals surface area (Å²) in [6, 6.07) is 13.4. The van der Waals surface area contributed by atoms with Gasteiger partial charge >= 0.3 is 0 Å². The minimum atomic E-state index is -0.244. The van der Waals surface area contributed by atoms with Crippen LogP contribution in [0.5, 0.6) is 0 Å². The Morgan fingerprint density at radius 1 is 0.962 bits per heavy atom. The van der Waals surface area contributed by atoms with E-state index < -0.39 is 0 Å². The molecule has 2 aromatic rings. The van der Waals surface area contributed by atoms with E-state index in [1.165, 1.54) is 5.56 Å². The third-order valence-corrected chi connectivity index (χ3v) is 4.90. The molecule has 136 valence electrons. The molecule has 0 radical (unpaired) electrons. The largest absolute Gasteiger partial charge is 0.355 e. The molecule has 5 nitrogen and oxygen atoms in total. The molecule has 5 heteroatoms.